The first-order valence-corrected chi connectivity index (χ1v) is 7.39. The summed E-state index contributed by atoms with van der Waals surface area (Å²) in [5.41, 5.74) is -0.114. The summed E-state index contributed by atoms with van der Waals surface area (Å²) in [6.45, 7) is 3.99. The number of aromatic nitrogens is 2. The van der Waals surface area contributed by atoms with Gasteiger partial charge in [-0.2, -0.15) is 4.98 Å². The van der Waals surface area contributed by atoms with Crippen molar-refractivity contribution in [2.75, 3.05) is 0 Å². The average Bonchev–Trinajstić information content (AvgIpc) is 2.45. The highest BCUT2D eigenvalue weighted by Crippen LogP contribution is 2.25. The lowest BCUT2D eigenvalue weighted by Gasteiger charge is -2.13. The number of benzene rings is 1. The maximum absolute atomic E-state index is 12.0. The molecule has 0 spiro atoms. The second-order valence-electron chi connectivity index (χ2n) is 4.53. The standard InChI is InChI=1S/C15H18N2O2S/c1-4-11(2)19-13-10-14(18)17(3)15(16-13)20-12-8-6-5-7-9-12/h5-11H,4H2,1-3H3. The van der Waals surface area contributed by atoms with E-state index < -0.39 is 0 Å². The van der Waals surface area contributed by atoms with Crippen LogP contribution in [0.1, 0.15) is 20.3 Å². The van der Waals surface area contributed by atoms with Crippen LogP contribution in [0.3, 0.4) is 0 Å². The number of ether oxygens (including phenoxy) is 1. The van der Waals surface area contributed by atoms with Crippen LogP contribution in [0, 0.1) is 0 Å². The minimum Gasteiger partial charge on any atom is -0.474 e. The van der Waals surface area contributed by atoms with E-state index in [0.29, 0.717) is 11.0 Å². The first kappa shape index (κ1) is 14.7. The molecule has 20 heavy (non-hydrogen) atoms. The highest BCUT2D eigenvalue weighted by Gasteiger charge is 2.10. The van der Waals surface area contributed by atoms with Crippen LogP contribution >= 0.6 is 11.8 Å². The van der Waals surface area contributed by atoms with E-state index in [9.17, 15) is 4.79 Å². The molecule has 2 aromatic rings. The van der Waals surface area contributed by atoms with E-state index in [1.54, 1.807) is 7.05 Å². The Labute approximate surface area is 122 Å². The van der Waals surface area contributed by atoms with Crippen LogP contribution < -0.4 is 10.3 Å². The van der Waals surface area contributed by atoms with Gasteiger partial charge in [0.15, 0.2) is 5.16 Å². The monoisotopic (exact) mass is 290 g/mol. The summed E-state index contributed by atoms with van der Waals surface area (Å²) in [6, 6.07) is 11.3. The maximum atomic E-state index is 12.0. The molecule has 0 radical (unpaired) electrons. The van der Waals surface area contributed by atoms with Gasteiger partial charge < -0.3 is 4.74 Å². The van der Waals surface area contributed by atoms with Crippen molar-refractivity contribution in [2.24, 2.45) is 7.05 Å². The zero-order chi connectivity index (χ0) is 14.5. The fourth-order valence-corrected chi connectivity index (χ4v) is 2.40. The first-order chi connectivity index (χ1) is 9.60. The number of rotatable bonds is 5. The molecule has 5 heteroatoms. The SMILES string of the molecule is CCC(C)Oc1cc(=O)n(C)c(Sc2ccccc2)n1. The smallest absolute Gasteiger partial charge is 0.257 e. The summed E-state index contributed by atoms with van der Waals surface area (Å²) in [7, 11) is 1.72. The summed E-state index contributed by atoms with van der Waals surface area (Å²) in [4.78, 5) is 17.4. The lowest BCUT2D eigenvalue weighted by atomic mass is 10.3. The van der Waals surface area contributed by atoms with Crippen molar-refractivity contribution in [2.45, 2.75) is 36.4 Å². The predicted octanol–water partition coefficient (Wildman–Crippen LogP) is 3.11. The Kier molecular flexibility index (Phi) is 4.84. The Morgan fingerprint density at radius 2 is 2.05 bits per heavy atom. The molecule has 1 unspecified atom stereocenters. The Balaban J connectivity index is 2.30. The summed E-state index contributed by atoms with van der Waals surface area (Å²) < 4.78 is 7.17. The van der Waals surface area contributed by atoms with Gasteiger partial charge in [-0.05, 0) is 25.5 Å². The van der Waals surface area contributed by atoms with Crippen molar-refractivity contribution in [1.29, 1.82) is 0 Å². The normalized spacial score (nSPS) is 12.2. The molecule has 2 rings (SSSR count). The lowest BCUT2D eigenvalue weighted by molar-refractivity contribution is 0.205. The Morgan fingerprint density at radius 3 is 2.70 bits per heavy atom. The van der Waals surface area contributed by atoms with Gasteiger partial charge in [-0.3, -0.25) is 9.36 Å². The molecule has 0 aliphatic heterocycles. The van der Waals surface area contributed by atoms with Gasteiger partial charge in [0.2, 0.25) is 5.88 Å². The predicted molar refractivity (Wildman–Crippen MR) is 80.4 cm³/mol. The van der Waals surface area contributed by atoms with Crippen molar-refractivity contribution in [3.05, 3.63) is 46.8 Å². The molecule has 0 saturated carbocycles. The second-order valence-corrected chi connectivity index (χ2v) is 5.57. The molecule has 0 aliphatic rings. The third kappa shape index (κ3) is 3.63. The molecule has 4 nitrogen and oxygen atoms in total. The topological polar surface area (TPSA) is 44.1 Å². The molecular formula is C15H18N2O2S. The summed E-state index contributed by atoms with van der Waals surface area (Å²) in [5.74, 6) is 0.390. The minimum atomic E-state index is -0.114. The van der Waals surface area contributed by atoms with Gasteiger partial charge in [0.1, 0.15) is 0 Å². The maximum Gasteiger partial charge on any atom is 0.257 e. The van der Waals surface area contributed by atoms with Crippen molar-refractivity contribution in [1.82, 2.24) is 9.55 Å². The molecule has 1 heterocycles. The van der Waals surface area contributed by atoms with Crippen LogP contribution in [0.5, 0.6) is 5.88 Å². The van der Waals surface area contributed by atoms with Gasteiger partial charge in [0, 0.05) is 11.9 Å². The van der Waals surface area contributed by atoms with Crippen molar-refractivity contribution in [3.8, 4) is 5.88 Å². The van der Waals surface area contributed by atoms with Crippen LogP contribution in [-0.4, -0.2) is 15.7 Å². The van der Waals surface area contributed by atoms with E-state index >= 15 is 0 Å². The molecule has 0 saturated heterocycles. The van der Waals surface area contributed by atoms with Gasteiger partial charge in [-0.25, -0.2) is 0 Å². The quantitative estimate of drug-likeness (QED) is 0.794. The largest absolute Gasteiger partial charge is 0.474 e. The van der Waals surface area contributed by atoms with Gasteiger partial charge in [-0.15, -0.1) is 0 Å². The van der Waals surface area contributed by atoms with Crippen LogP contribution in [0.4, 0.5) is 0 Å². The van der Waals surface area contributed by atoms with Gasteiger partial charge in [0.05, 0.1) is 12.2 Å². The zero-order valence-corrected chi connectivity index (χ0v) is 12.7. The molecule has 0 aliphatic carbocycles. The Morgan fingerprint density at radius 1 is 1.35 bits per heavy atom. The van der Waals surface area contributed by atoms with Gasteiger partial charge in [-0.1, -0.05) is 36.9 Å². The second kappa shape index (κ2) is 6.61. The molecule has 0 N–H and O–H groups in total. The van der Waals surface area contributed by atoms with E-state index in [0.717, 1.165) is 11.3 Å². The van der Waals surface area contributed by atoms with E-state index in [1.807, 2.05) is 44.2 Å². The van der Waals surface area contributed by atoms with Crippen LogP contribution in [0.2, 0.25) is 0 Å². The van der Waals surface area contributed by atoms with Gasteiger partial charge in [0.25, 0.3) is 5.56 Å². The third-order valence-corrected chi connectivity index (χ3v) is 3.98. The number of hydrogen-bond donors (Lipinski definition) is 0. The van der Waals surface area contributed by atoms with Crippen molar-refractivity contribution in [3.63, 3.8) is 0 Å². The van der Waals surface area contributed by atoms with Crippen LogP contribution in [0.25, 0.3) is 0 Å². The molecule has 0 amide bonds. The molecule has 1 atom stereocenters. The van der Waals surface area contributed by atoms with E-state index in [1.165, 1.54) is 22.4 Å². The molecule has 0 bridgehead atoms. The first-order valence-electron chi connectivity index (χ1n) is 6.57. The van der Waals surface area contributed by atoms with E-state index in [2.05, 4.69) is 4.98 Å². The number of nitrogens with zero attached hydrogens (tertiary/aromatic N) is 2. The molecule has 106 valence electrons. The zero-order valence-electron chi connectivity index (χ0n) is 11.9. The van der Waals surface area contributed by atoms with Crippen LogP contribution in [-0.2, 0) is 7.05 Å². The molecular weight excluding hydrogens is 272 g/mol. The highest BCUT2D eigenvalue weighted by atomic mass is 32.2. The lowest BCUT2D eigenvalue weighted by Crippen LogP contribution is -2.21. The van der Waals surface area contributed by atoms with E-state index in [-0.39, 0.29) is 11.7 Å². The Bertz CT molecular complexity index is 626. The highest BCUT2D eigenvalue weighted by molar-refractivity contribution is 7.99. The average molecular weight is 290 g/mol. The molecule has 0 fully saturated rings. The van der Waals surface area contributed by atoms with Crippen molar-refractivity contribution >= 4 is 11.8 Å². The minimum absolute atomic E-state index is 0.0455. The summed E-state index contributed by atoms with van der Waals surface area (Å²) >= 11 is 1.45. The van der Waals surface area contributed by atoms with Crippen LogP contribution in [0.15, 0.2) is 51.2 Å². The fraction of sp³-hybridized carbons (Fsp3) is 0.333. The number of hydrogen-bond acceptors (Lipinski definition) is 4. The summed E-state index contributed by atoms with van der Waals surface area (Å²) in [6.07, 6.45) is 0.919. The van der Waals surface area contributed by atoms with E-state index in [4.69, 9.17) is 4.74 Å². The Hall–Kier alpha value is -1.75. The third-order valence-electron chi connectivity index (χ3n) is 2.92. The van der Waals surface area contributed by atoms with Gasteiger partial charge >= 0.3 is 0 Å². The molecule has 1 aromatic carbocycles. The van der Waals surface area contributed by atoms with Crippen molar-refractivity contribution < 1.29 is 4.74 Å². The molecule has 1 aromatic heterocycles. The summed E-state index contributed by atoms with van der Waals surface area (Å²) in [5, 5.41) is 0.627. The fourth-order valence-electron chi connectivity index (χ4n) is 1.53.